The van der Waals surface area contributed by atoms with Gasteiger partial charge < -0.3 is 0 Å². The summed E-state index contributed by atoms with van der Waals surface area (Å²) in [6, 6.07) is 11.8. The highest BCUT2D eigenvalue weighted by Gasteiger charge is 2.13. The third kappa shape index (κ3) is 3.32. The minimum atomic E-state index is 0.0203. The van der Waals surface area contributed by atoms with Crippen LogP contribution in [-0.4, -0.2) is 14.9 Å². The molecule has 0 aliphatic rings. The van der Waals surface area contributed by atoms with Gasteiger partial charge in [-0.15, -0.1) is 0 Å². The van der Waals surface area contributed by atoms with Crippen LogP contribution in [0, 0.1) is 13.8 Å². The summed E-state index contributed by atoms with van der Waals surface area (Å²) in [5.41, 5.74) is 2.02. The van der Waals surface area contributed by atoms with Gasteiger partial charge >= 0.3 is 0 Å². The van der Waals surface area contributed by atoms with Crippen molar-refractivity contribution in [2.45, 2.75) is 26.3 Å². The minimum Gasteiger partial charge on any atom is -0.296 e. The van der Waals surface area contributed by atoms with Crippen molar-refractivity contribution in [2.24, 2.45) is 0 Å². The molecule has 0 aliphatic heterocycles. The lowest BCUT2D eigenvalue weighted by Gasteiger charge is -2.17. The van der Waals surface area contributed by atoms with E-state index in [0.717, 1.165) is 16.8 Å². The topological polar surface area (TPSA) is 34.9 Å². The van der Waals surface area contributed by atoms with Gasteiger partial charge in [-0.1, -0.05) is 46.3 Å². The van der Waals surface area contributed by atoms with E-state index in [1.165, 1.54) is 5.56 Å². The molecule has 0 aliphatic carbocycles. The van der Waals surface area contributed by atoms with E-state index in [4.69, 9.17) is 0 Å². The fourth-order valence-electron chi connectivity index (χ4n) is 2.17. The maximum Gasteiger partial charge on any atom is 0.253 e. The van der Waals surface area contributed by atoms with Gasteiger partial charge in [0.25, 0.3) is 5.56 Å². The summed E-state index contributed by atoms with van der Waals surface area (Å²) in [6.07, 6.45) is 0. The number of hydrogen-bond donors (Lipinski definition) is 0. The van der Waals surface area contributed by atoms with Crippen molar-refractivity contribution < 1.29 is 0 Å². The Kier molecular flexibility index (Phi) is 4.53. The molecule has 0 fully saturated rings. The van der Waals surface area contributed by atoms with Crippen molar-refractivity contribution in [3.63, 3.8) is 0 Å². The number of aryl methyl sites for hydroxylation is 2. The molecule has 2 rings (SSSR count). The van der Waals surface area contributed by atoms with Crippen LogP contribution in [-0.2, 0) is 6.54 Å². The minimum absolute atomic E-state index is 0.0203. The molecule has 3 nitrogen and oxygen atoms in total. The van der Waals surface area contributed by atoms with E-state index in [0.29, 0.717) is 6.54 Å². The van der Waals surface area contributed by atoms with Crippen molar-refractivity contribution in [3.05, 3.63) is 63.8 Å². The molecule has 0 amide bonds. The lowest BCUT2D eigenvalue weighted by atomic mass is 10.0. The number of rotatable bonds is 4. The summed E-state index contributed by atoms with van der Waals surface area (Å²) in [4.78, 5) is 16.4. The van der Waals surface area contributed by atoms with Gasteiger partial charge in [0, 0.05) is 29.6 Å². The summed E-state index contributed by atoms with van der Waals surface area (Å²) in [5, 5.41) is 0.816. The van der Waals surface area contributed by atoms with Crippen LogP contribution in [0.5, 0.6) is 0 Å². The van der Waals surface area contributed by atoms with Crippen LogP contribution >= 0.6 is 15.9 Å². The average molecular weight is 321 g/mol. The fourth-order valence-corrected chi connectivity index (χ4v) is 2.75. The largest absolute Gasteiger partial charge is 0.296 e. The molecule has 2 aromatic rings. The maximum absolute atomic E-state index is 12.1. The summed E-state index contributed by atoms with van der Waals surface area (Å²) in [7, 11) is 0. The van der Waals surface area contributed by atoms with Crippen molar-refractivity contribution in [1.29, 1.82) is 0 Å². The summed E-state index contributed by atoms with van der Waals surface area (Å²) in [5.74, 6) is 1.04. The molecule has 0 spiro atoms. The summed E-state index contributed by atoms with van der Waals surface area (Å²) in [6.45, 7) is 4.37. The second-order valence-corrected chi connectivity index (χ2v) is 5.30. The molecule has 0 saturated heterocycles. The van der Waals surface area contributed by atoms with E-state index in [-0.39, 0.29) is 11.5 Å². The normalized spacial score (nSPS) is 12.4. The lowest BCUT2D eigenvalue weighted by molar-refractivity contribution is 0.561. The molecule has 1 heterocycles. The highest BCUT2D eigenvalue weighted by Crippen LogP contribution is 2.19. The van der Waals surface area contributed by atoms with Gasteiger partial charge in [-0.05, 0) is 19.4 Å². The van der Waals surface area contributed by atoms with Gasteiger partial charge in [0.15, 0.2) is 0 Å². The Balaban J connectivity index is 2.32. The van der Waals surface area contributed by atoms with Crippen LogP contribution in [0.4, 0.5) is 0 Å². The SMILES string of the molecule is Cc1cc(=O)n(CC(CBr)c2ccccc2)c(C)n1. The van der Waals surface area contributed by atoms with Gasteiger partial charge in [-0.3, -0.25) is 9.36 Å². The van der Waals surface area contributed by atoms with Crippen LogP contribution in [0.3, 0.4) is 0 Å². The van der Waals surface area contributed by atoms with E-state index in [1.54, 1.807) is 10.6 Å². The first kappa shape index (κ1) is 14.0. The second kappa shape index (κ2) is 6.15. The Bertz CT molecular complexity index is 607. The molecule has 100 valence electrons. The molecule has 1 aromatic heterocycles. The third-order valence-electron chi connectivity index (χ3n) is 3.19. The number of benzene rings is 1. The van der Waals surface area contributed by atoms with Crippen LogP contribution in [0.2, 0.25) is 0 Å². The Hall–Kier alpha value is -1.42. The highest BCUT2D eigenvalue weighted by molar-refractivity contribution is 9.09. The zero-order valence-electron chi connectivity index (χ0n) is 11.1. The van der Waals surface area contributed by atoms with Crippen LogP contribution in [0.25, 0.3) is 0 Å². The molecular weight excluding hydrogens is 304 g/mol. The van der Waals surface area contributed by atoms with Gasteiger partial charge in [0.05, 0.1) is 0 Å². The Morgan fingerprint density at radius 2 is 1.95 bits per heavy atom. The quantitative estimate of drug-likeness (QED) is 0.811. The monoisotopic (exact) mass is 320 g/mol. The number of alkyl halides is 1. The first-order valence-corrected chi connectivity index (χ1v) is 7.40. The average Bonchev–Trinajstić information content (AvgIpc) is 2.39. The number of halogens is 1. The van der Waals surface area contributed by atoms with E-state index in [2.05, 4.69) is 33.0 Å². The van der Waals surface area contributed by atoms with Gasteiger partial charge in [-0.25, -0.2) is 4.98 Å². The smallest absolute Gasteiger partial charge is 0.253 e. The Labute approximate surface area is 121 Å². The molecule has 0 radical (unpaired) electrons. The standard InChI is InChI=1S/C15H17BrN2O/c1-11-8-15(19)18(12(2)17-11)10-14(9-16)13-6-4-3-5-7-13/h3-8,14H,9-10H2,1-2H3. The fraction of sp³-hybridized carbons (Fsp3) is 0.333. The molecule has 1 atom stereocenters. The molecule has 0 bridgehead atoms. The van der Waals surface area contributed by atoms with E-state index < -0.39 is 0 Å². The van der Waals surface area contributed by atoms with Crippen molar-refractivity contribution >= 4 is 15.9 Å². The van der Waals surface area contributed by atoms with Crippen LogP contribution < -0.4 is 5.56 Å². The maximum atomic E-state index is 12.1. The van der Waals surface area contributed by atoms with Crippen LogP contribution in [0.15, 0.2) is 41.2 Å². The molecule has 19 heavy (non-hydrogen) atoms. The van der Waals surface area contributed by atoms with E-state index in [9.17, 15) is 4.79 Å². The highest BCUT2D eigenvalue weighted by atomic mass is 79.9. The second-order valence-electron chi connectivity index (χ2n) is 4.66. The molecule has 0 saturated carbocycles. The molecular formula is C15H17BrN2O. The predicted molar refractivity (Wildman–Crippen MR) is 80.9 cm³/mol. The zero-order chi connectivity index (χ0) is 13.8. The van der Waals surface area contributed by atoms with Crippen LogP contribution in [0.1, 0.15) is 23.0 Å². The van der Waals surface area contributed by atoms with Gasteiger partial charge in [-0.2, -0.15) is 0 Å². The zero-order valence-corrected chi connectivity index (χ0v) is 12.7. The van der Waals surface area contributed by atoms with E-state index in [1.807, 2.05) is 32.0 Å². The molecule has 0 N–H and O–H groups in total. The molecule has 4 heteroatoms. The Morgan fingerprint density at radius 1 is 1.26 bits per heavy atom. The van der Waals surface area contributed by atoms with Crippen molar-refractivity contribution in [3.8, 4) is 0 Å². The van der Waals surface area contributed by atoms with Crippen molar-refractivity contribution in [2.75, 3.05) is 5.33 Å². The Morgan fingerprint density at radius 3 is 2.53 bits per heavy atom. The van der Waals surface area contributed by atoms with Gasteiger partial charge in [0.2, 0.25) is 0 Å². The number of nitrogens with zero attached hydrogens (tertiary/aromatic N) is 2. The van der Waals surface area contributed by atoms with Gasteiger partial charge in [0.1, 0.15) is 5.82 Å². The van der Waals surface area contributed by atoms with E-state index >= 15 is 0 Å². The number of hydrogen-bond acceptors (Lipinski definition) is 2. The molecule has 1 unspecified atom stereocenters. The summed E-state index contributed by atoms with van der Waals surface area (Å²) < 4.78 is 1.74. The predicted octanol–water partition coefficient (Wildman–Crippen LogP) is 3.04. The first-order valence-electron chi connectivity index (χ1n) is 6.28. The molecule has 1 aromatic carbocycles. The number of aromatic nitrogens is 2. The first-order chi connectivity index (χ1) is 9.11. The lowest BCUT2D eigenvalue weighted by Crippen LogP contribution is -2.26. The van der Waals surface area contributed by atoms with Crippen molar-refractivity contribution in [1.82, 2.24) is 9.55 Å². The third-order valence-corrected chi connectivity index (χ3v) is 3.97. The summed E-state index contributed by atoms with van der Waals surface area (Å²) >= 11 is 3.54.